The molecule has 4 aromatic rings. The summed E-state index contributed by atoms with van der Waals surface area (Å²) >= 11 is 7.70. The van der Waals surface area contributed by atoms with Crippen molar-refractivity contribution in [3.8, 4) is 10.6 Å². The Morgan fingerprint density at radius 1 is 1.03 bits per heavy atom. The molecule has 2 heterocycles. The predicted octanol–water partition coefficient (Wildman–Crippen LogP) is 5.02. The van der Waals surface area contributed by atoms with E-state index in [9.17, 15) is 9.90 Å². The highest BCUT2D eigenvalue weighted by molar-refractivity contribution is 7.18. The molecule has 0 radical (unpaired) electrons. The van der Waals surface area contributed by atoms with E-state index in [1.807, 2.05) is 54.6 Å². The Morgan fingerprint density at radius 2 is 1.84 bits per heavy atom. The fourth-order valence-electron chi connectivity index (χ4n) is 2.94. The molecule has 0 saturated carbocycles. The smallest absolute Gasteiger partial charge is 0.261 e. The zero-order valence-electron chi connectivity index (χ0n) is 16.4. The van der Waals surface area contributed by atoms with Crippen molar-refractivity contribution in [3.05, 3.63) is 94.0 Å². The van der Waals surface area contributed by atoms with Crippen molar-refractivity contribution in [2.75, 3.05) is 5.32 Å². The first-order chi connectivity index (χ1) is 15.1. The van der Waals surface area contributed by atoms with Crippen LogP contribution in [0.5, 0.6) is 0 Å². The maximum absolute atomic E-state index is 12.6. The van der Waals surface area contributed by atoms with Crippen LogP contribution in [0.3, 0.4) is 0 Å². The molecular weight excluding hydrogens is 432 g/mol. The third kappa shape index (κ3) is 5.27. The number of aromatic nitrogens is 2. The number of hydrogen-bond acceptors (Lipinski definition) is 6. The van der Waals surface area contributed by atoms with Crippen molar-refractivity contribution < 1.29 is 9.90 Å². The standard InChI is InChI=1S/C23H19ClN4O2S/c24-18-12-20(22(30)26-13-15-5-2-1-3-6-15)31-21(18)19-9-10-25-23(28-19)27-17-8-4-7-16(11-17)14-29/h1-12,29H,13-14H2,(H,26,30)(H,25,27,28). The first-order valence-corrected chi connectivity index (χ1v) is 10.7. The first kappa shape index (κ1) is 21.0. The molecule has 0 unspecified atom stereocenters. The van der Waals surface area contributed by atoms with E-state index >= 15 is 0 Å². The first-order valence-electron chi connectivity index (χ1n) is 9.54. The van der Waals surface area contributed by atoms with Crippen LogP contribution in [0.4, 0.5) is 11.6 Å². The van der Waals surface area contributed by atoms with Gasteiger partial charge in [0, 0.05) is 18.4 Å². The van der Waals surface area contributed by atoms with Crippen LogP contribution in [-0.2, 0) is 13.2 Å². The van der Waals surface area contributed by atoms with Crippen LogP contribution in [0.15, 0.2) is 72.9 Å². The minimum absolute atomic E-state index is 0.0453. The van der Waals surface area contributed by atoms with Crippen LogP contribution < -0.4 is 10.6 Å². The molecule has 3 N–H and O–H groups in total. The van der Waals surface area contributed by atoms with E-state index in [-0.39, 0.29) is 12.5 Å². The van der Waals surface area contributed by atoms with Gasteiger partial charge in [0.05, 0.1) is 27.1 Å². The van der Waals surface area contributed by atoms with E-state index in [1.165, 1.54) is 11.3 Å². The molecule has 0 fully saturated rings. The van der Waals surface area contributed by atoms with Crippen molar-refractivity contribution in [2.45, 2.75) is 13.2 Å². The van der Waals surface area contributed by atoms with E-state index in [0.717, 1.165) is 16.8 Å². The lowest BCUT2D eigenvalue weighted by Crippen LogP contribution is -2.21. The minimum Gasteiger partial charge on any atom is -0.392 e. The molecule has 156 valence electrons. The van der Waals surface area contributed by atoms with E-state index in [4.69, 9.17) is 11.6 Å². The zero-order chi connectivity index (χ0) is 21.6. The largest absolute Gasteiger partial charge is 0.392 e. The Morgan fingerprint density at radius 3 is 2.65 bits per heavy atom. The lowest BCUT2D eigenvalue weighted by atomic mass is 10.2. The Kier molecular flexibility index (Phi) is 6.57. The van der Waals surface area contributed by atoms with Gasteiger partial charge in [-0.25, -0.2) is 9.97 Å². The van der Waals surface area contributed by atoms with Gasteiger partial charge in [-0.15, -0.1) is 11.3 Å². The van der Waals surface area contributed by atoms with E-state index in [1.54, 1.807) is 18.3 Å². The second kappa shape index (κ2) is 9.70. The number of nitrogens with one attached hydrogen (secondary N) is 2. The number of aliphatic hydroxyl groups excluding tert-OH is 1. The average molecular weight is 451 g/mol. The molecule has 0 aliphatic rings. The Bertz CT molecular complexity index is 1200. The highest BCUT2D eigenvalue weighted by Gasteiger charge is 2.16. The molecule has 0 aliphatic carbocycles. The summed E-state index contributed by atoms with van der Waals surface area (Å²) in [5.74, 6) is 0.211. The number of hydrogen-bond donors (Lipinski definition) is 3. The van der Waals surface area contributed by atoms with Crippen molar-refractivity contribution in [1.82, 2.24) is 15.3 Å². The van der Waals surface area contributed by atoms with Crippen LogP contribution >= 0.6 is 22.9 Å². The summed E-state index contributed by atoms with van der Waals surface area (Å²) in [6.45, 7) is 0.398. The molecule has 0 saturated heterocycles. The normalized spacial score (nSPS) is 10.6. The van der Waals surface area contributed by atoms with E-state index in [0.29, 0.717) is 33.0 Å². The Hall–Kier alpha value is -3.26. The molecule has 2 aromatic carbocycles. The fourth-order valence-corrected chi connectivity index (χ4v) is 4.27. The van der Waals surface area contributed by atoms with Crippen LogP contribution in [0.1, 0.15) is 20.8 Å². The van der Waals surface area contributed by atoms with Crippen molar-refractivity contribution in [2.24, 2.45) is 0 Å². The number of carbonyl (C=O) groups is 1. The van der Waals surface area contributed by atoms with Gasteiger partial charge in [-0.2, -0.15) is 0 Å². The van der Waals surface area contributed by atoms with E-state index < -0.39 is 0 Å². The number of rotatable bonds is 7. The van der Waals surface area contributed by atoms with Crippen molar-refractivity contribution in [1.29, 1.82) is 0 Å². The summed E-state index contributed by atoms with van der Waals surface area (Å²) in [6.07, 6.45) is 1.63. The summed E-state index contributed by atoms with van der Waals surface area (Å²) in [6, 6.07) is 20.5. The highest BCUT2D eigenvalue weighted by Crippen LogP contribution is 2.35. The summed E-state index contributed by atoms with van der Waals surface area (Å²) in [5.41, 5.74) is 3.19. The number of amides is 1. The Labute approximate surface area is 188 Å². The molecule has 0 aliphatic heterocycles. The molecule has 2 aromatic heterocycles. The molecule has 8 heteroatoms. The number of anilines is 2. The minimum atomic E-state index is -0.185. The average Bonchev–Trinajstić information content (AvgIpc) is 3.20. The van der Waals surface area contributed by atoms with Gasteiger partial charge in [0.2, 0.25) is 5.95 Å². The number of nitrogens with zero attached hydrogens (tertiary/aromatic N) is 2. The number of carbonyl (C=O) groups excluding carboxylic acids is 1. The maximum atomic E-state index is 12.6. The van der Waals surface area contributed by atoms with Gasteiger partial charge >= 0.3 is 0 Å². The third-order valence-corrected chi connectivity index (χ3v) is 6.03. The van der Waals surface area contributed by atoms with Crippen LogP contribution in [0.2, 0.25) is 5.02 Å². The van der Waals surface area contributed by atoms with Gasteiger partial charge in [0.15, 0.2) is 0 Å². The number of benzene rings is 2. The molecule has 31 heavy (non-hydrogen) atoms. The van der Waals surface area contributed by atoms with Gasteiger partial charge in [0.1, 0.15) is 0 Å². The highest BCUT2D eigenvalue weighted by atomic mass is 35.5. The summed E-state index contributed by atoms with van der Waals surface area (Å²) < 4.78 is 0. The quantitative estimate of drug-likeness (QED) is 0.368. The molecule has 4 rings (SSSR count). The summed E-state index contributed by atoms with van der Waals surface area (Å²) in [4.78, 5) is 22.5. The molecule has 0 atom stereocenters. The van der Waals surface area contributed by atoms with Crippen molar-refractivity contribution >= 4 is 40.5 Å². The van der Waals surface area contributed by atoms with Gasteiger partial charge in [-0.05, 0) is 35.4 Å². The molecule has 0 bridgehead atoms. The van der Waals surface area contributed by atoms with E-state index in [2.05, 4.69) is 20.6 Å². The maximum Gasteiger partial charge on any atom is 0.261 e. The molecular formula is C23H19ClN4O2S. The van der Waals surface area contributed by atoms with Crippen LogP contribution in [0, 0.1) is 0 Å². The molecule has 0 spiro atoms. The topological polar surface area (TPSA) is 87.1 Å². The van der Waals surface area contributed by atoms with Gasteiger partial charge < -0.3 is 15.7 Å². The van der Waals surface area contributed by atoms with Gasteiger partial charge in [0.25, 0.3) is 5.91 Å². The second-order valence-electron chi connectivity index (χ2n) is 6.70. The summed E-state index contributed by atoms with van der Waals surface area (Å²) in [7, 11) is 0. The van der Waals surface area contributed by atoms with Gasteiger partial charge in [-0.3, -0.25) is 4.79 Å². The van der Waals surface area contributed by atoms with Gasteiger partial charge in [-0.1, -0.05) is 54.1 Å². The SMILES string of the molecule is O=C(NCc1ccccc1)c1cc(Cl)c(-c2ccnc(Nc3cccc(CO)c3)n2)s1. The molecule has 1 amide bonds. The lowest BCUT2D eigenvalue weighted by Gasteiger charge is -2.07. The monoisotopic (exact) mass is 450 g/mol. The predicted molar refractivity (Wildman–Crippen MR) is 124 cm³/mol. The number of thiophene rings is 1. The Balaban J connectivity index is 1.50. The zero-order valence-corrected chi connectivity index (χ0v) is 18.0. The summed E-state index contributed by atoms with van der Waals surface area (Å²) in [5, 5.41) is 15.8. The lowest BCUT2D eigenvalue weighted by molar-refractivity contribution is 0.0955. The fraction of sp³-hybridized carbons (Fsp3) is 0.0870. The van der Waals surface area contributed by atoms with Crippen LogP contribution in [-0.4, -0.2) is 21.0 Å². The number of aliphatic hydroxyl groups is 1. The van der Waals surface area contributed by atoms with Crippen molar-refractivity contribution in [3.63, 3.8) is 0 Å². The number of halogens is 1. The second-order valence-corrected chi connectivity index (χ2v) is 8.16. The third-order valence-electron chi connectivity index (χ3n) is 4.46. The molecule has 6 nitrogen and oxygen atoms in total. The van der Waals surface area contributed by atoms with Crippen LogP contribution in [0.25, 0.3) is 10.6 Å².